The zero-order chi connectivity index (χ0) is 17.4. The van der Waals surface area contributed by atoms with E-state index in [0.29, 0.717) is 5.56 Å². The van der Waals surface area contributed by atoms with Crippen LogP contribution in [0.15, 0.2) is 36.4 Å². The van der Waals surface area contributed by atoms with Crippen molar-refractivity contribution >= 4 is 5.91 Å². The molecule has 1 amide bonds. The van der Waals surface area contributed by atoms with Crippen LogP contribution in [0.5, 0.6) is 0 Å². The van der Waals surface area contributed by atoms with E-state index in [0.717, 1.165) is 24.3 Å². The average Bonchev–Trinajstić information content (AvgIpc) is 2.93. The third-order valence-corrected chi connectivity index (χ3v) is 4.28. The van der Waals surface area contributed by atoms with E-state index < -0.39 is 35.5 Å². The highest BCUT2D eigenvalue weighted by molar-refractivity contribution is 5.94. The SMILES string of the molecule is Cc1ccc(C(=O)N2CC(O)CC2c2cc(F)ccc2F)cc1F. The summed E-state index contributed by atoms with van der Waals surface area (Å²) >= 11 is 0. The Morgan fingerprint density at radius 2 is 1.88 bits per heavy atom. The van der Waals surface area contributed by atoms with Gasteiger partial charge in [-0.2, -0.15) is 0 Å². The van der Waals surface area contributed by atoms with Crippen molar-refractivity contribution < 1.29 is 23.1 Å². The molecule has 3 nitrogen and oxygen atoms in total. The lowest BCUT2D eigenvalue weighted by Gasteiger charge is -2.25. The Hall–Kier alpha value is -2.34. The number of carbonyl (C=O) groups excluding carboxylic acids is 1. The van der Waals surface area contributed by atoms with E-state index >= 15 is 0 Å². The summed E-state index contributed by atoms with van der Waals surface area (Å²) in [6.45, 7) is 1.56. The number of aryl methyl sites for hydroxylation is 1. The molecule has 0 aromatic heterocycles. The lowest BCUT2D eigenvalue weighted by molar-refractivity contribution is 0.0713. The van der Waals surface area contributed by atoms with Crippen LogP contribution in [0.2, 0.25) is 0 Å². The summed E-state index contributed by atoms with van der Waals surface area (Å²) in [5.74, 6) is -2.32. The number of hydrogen-bond acceptors (Lipinski definition) is 2. The summed E-state index contributed by atoms with van der Waals surface area (Å²) in [6.07, 6.45) is -0.752. The second-order valence-corrected chi connectivity index (χ2v) is 5.99. The van der Waals surface area contributed by atoms with Gasteiger partial charge in [0, 0.05) is 17.7 Å². The van der Waals surface area contributed by atoms with Gasteiger partial charge in [-0.1, -0.05) is 6.07 Å². The predicted octanol–water partition coefficient (Wildman–Crippen LogP) is 3.36. The number of nitrogens with zero attached hydrogens (tertiary/aromatic N) is 1. The Morgan fingerprint density at radius 1 is 1.12 bits per heavy atom. The van der Waals surface area contributed by atoms with E-state index in [-0.39, 0.29) is 24.1 Å². The Bertz CT molecular complexity index is 794. The topological polar surface area (TPSA) is 40.5 Å². The molecule has 24 heavy (non-hydrogen) atoms. The Labute approximate surface area is 137 Å². The minimum Gasteiger partial charge on any atom is -0.391 e. The standard InChI is InChI=1S/C18H16F3NO2/c1-10-2-3-11(6-16(10)21)18(24)22-9-13(23)8-17(22)14-7-12(19)4-5-15(14)20/h2-7,13,17,23H,8-9H2,1H3. The quantitative estimate of drug-likeness (QED) is 0.914. The molecule has 126 valence electrons. The molecule has 0 spiro atoms. The fourth-order valence-electron chi connectivity index (χ4n) is 2.99. The fraction of sp³-hybridized carbons (Fsp3) is 0.278. The molecule has 2 aromatic carbocycles. The molecule has 3 rings (SSSR count). The summed E-state index contributed by atoms with van der Waals surface area (Å²) in [6, 6.07) is 6.27. The van der Waals surface area contributed by atoms with Crippen LogP contribution in [-0.2, 0) is 0 Å². The number of likely N-dealkylation sites (tertiary alicyclic amines) is 1. The van der Waals surface area contributed by atoms with E-state index in [1.165, 1.54) is 17.0 Å². The molecule has 1 heterocycles. The first kappa shape index (κ1) is 16.5. The first-order chi connectivity index (χ1) is 11.4. The van der Waals surface area contributed by atoms with Gasteiger partial charge < -0.3 is 10.0 Å². The molecule has 1 saturated heterocycles. The van der Waals surface area contributed by atoms with E-state index in [4.69, 9.17) is 0 Å². The number of aliphatic hydroxyl groups is 1. The summed E-state index contributed by atoms with van der Waals surface area (Å²) < 4.78 is 41.2. The minimum atomic E-state index is -0.850. The highest BCUT2D eigenvalue weighted by Gasteiger charge is 2.37. The lowest BCUT2D eigenvalue weighted by Crippen LogP contribution is -2.32. The third-order valence-electron chi connectivity index (χ3n) is 4.28. The largest absolute Gasteiger partial charge is 0.391 e. The summed E-state index contributed by atoms with van der Waals surface area (Å²) in [5.41, 5.74) is 0.516. The van der Waals surface area contributed by atoms with Crippen molar-refractivity contribution in [3.05, 3.63) is 70.5 Å². The normalized spacial score (nSPS) is 20.5. The molecule has 1 N–H and O–H groups in total. The van der Waals surface area contributed by atoms with Crippen molar-refractivity contribution in [1.29, 1.82) is 0 Å². The maximum absolute atomic E-state index is 14.1. The van der Waals surface area contributed by atoms with Gasteiger partial charge in [-0.05, 0) is 49.2 Å². The molecule has 0 aliphatic carbocycles. The lowest BCUT2D eigenvalue weighted by atomic mass is 10.0. The minimum absolute atomic E-state index is 0.00693. The van der Waals surface area contributed by atoms with Crippen molar-refractivity contribution in [2.24, 2.45) is 0 Å². The molecule has 1 aliphatic heterocycles. The molecule has 2 aromatic rings. The van der Waals surface area contributed by atoms with Crippen molar-refractivity contribution in [2.45, 2.75) is 25.5 Å². The monoisotopic (exact) mass is 335 g/mol. The molecule has 2 unspecified atom stereocenters. The summed E-state index contributed by atoms with van der Waals surface area (Å²) in [4.78, 5) is 13.9. The van der Waals surface area contributed by atoms with Gasteiger partial charge in [0.15, 0.2) is 0 Å². The Kier molecular flexibility index (Phi) is 4.32. The molecule has 0 bridgehead atoms. The van der Waals surface area contributed by atoms with Gasteiger partial charge in [-0.3, -0.25) is 4.79 Å². The molecule has 2 atom stereocenters. The molecule has 0 radical (unpaired) electrons. The van der Waals surface area contributed by atoms with Crippen molar-refractivity contribution in [2.75, 3.05) is 6.54 Å². The molecule has 1 fully saturated rings. The van der Waals surface area contributed by atoms with Gasteiger partial charge in [-0.25, -0.2) is 13.2 Å². The maximum Gasteiger partial charge on any atom is 0.254 e. The number of carbonyl (C=O) groups is 1. The Morgan fingerprint density at radius 3 is 2.58 bits per heavy atom. The zero-order valence-corrected chi connectivity index (χ0v) is 13.0. The Balaban J connectivity index is 1.97. The highest BCUT2D eigenvalue weighted by Crippen LogP contribution is 2.35. The molecular weight excluding hydrogens is 319 g/mol. The number of halogens is 3. The van der Waals surface area contributed by atoms with Gasteiger partial charge in [0.1, 0.15) is 17.5 Å². The third kappa shape index (κ3) is 3.01. The van der Waals surface area contributed by atoms with Crippen molar-refractivity contribution in [3.8, 4) is 0 Å². The van der Waals surface area contributed by atoms with Crippen LogP contribution in [0.3, 0.4) is 0 Å². The van der Waals surface area contributed by atoms with Crippen LogP contribution in [0, 0.1) is 24.4 Å². The van der Waals surface area contributed by atoms with Crippen molar-refractivity contribution in [3.63, 3.8) is 0 Å². The fourth-order valence-corrected chi connectivity index (χ4v) is 2.99. The number of rotatable bonds is 2. The van der Waals surface area contributed by atoms with E-state index in [2.05, 4.69) is 0 Å². The van der Waals surface area contributed by atoms with Gasteiger partial charge >= 0.3 is 0 Å². The van der Waals surface area contributed by atoms with Crippen LogP contribution < -0.4 is 0 Å². The van der Waals surface area contributed by atoms with Crippen LogP contribution in [-0.4, -0.2) is 28.6 Å². The second kappa shape index (κ2) is 6.28. The van der Waals surface area contributed by atoms with Gasteiger partial charge in [0.2, 0.25) is 0 Å². The predicted molar refractivity (Wildman–Crippen MR) is 81.9 cm³/mol. The van der Waals surface area contributed by atoms with Crippen LogP contribution in [0.1, 0.15) is 33.9 Å². The van der Waals surface area contributed by atoms with E-state index in [1.54, 1.807) is 6.92 Å². The van der Waals surface area contributed by atoms with Crippen LogP contribution >= 0.6 is 0 Å². The molecule has 0 saturated carbocycles. The summed E-state index contributed by atoms with van der Waals surface area (Å²) in [7, 11) is 0. The van der Waals surface area contributed by atoms with Crippen LogP contribution in [0.25, 0.3) is 0 Å². The van der Waals surface area contributed by atoms with Gasteiger partial charge in [0.25, 0.3) is 5.91 Å². The number of benzene rings is 2. The summed E-state index contributed by atoms with van der Waals surface area (Å²) in [5, 5.41) is 9.90. The van der Waals surface area contributed by atoms with Gasteiger partial charge in [-0.15, -0.1) is 0 Å². The number of β-amino-alcohol motifs (C(OH)–C–C–N with tert-alkyl or cyclic N) is 1. The smallest absolute Gasteiger partial charge is 0.254 e. The second-order valence-electron chi connectivity index (χ2n) is 5.99. The first-order valence-electron chi connectivity index (χ1n) is 7.57. The highest BCUT2D eigenvalue weighted by atomic mass is 19.1. The van der Waals surface area contributed by atoms with Crippen LogP contribution in [0.4, 0.5) is 13.2 Å². The number of aliphatic hydroxyl groups excluding tert-OH is 1. The maximum atomic E-state index is 14.1. The molecular formula is C18H16F3NO2. The first-order valence-corrected chi connectivity index (χ1v) is 7.57. The average molecular weight is 335 g/mol. The van der Waals surface area contributed by atoms with Crippen molar-refractivity contribution in [1.82, 2.24) is 4.90 Å². The number of hydrogen-bond donors (Lipinski definition) is 1. The molecule has 1 aliphatic rings. The molecule has 6 heteroatoms. The number of amides is 1. The van der Waals surface area contributed by atoms with E-state index in [9.17, 15) is 23.1 Å². The van der Waals surface area contributed by atoms with Gasteiger partial charge in [0.05, 0.1) is 12.1 Å². The van der Waals surface area contributed by atoms with E-state index in [1.807, 2.05) is 0 Å². The zero-order valence-electron chi connectivity index (χ0n) is 13.0.